The summed E-state index contributed by atoms with van der Waals surface area (Å²) in [5.74, 6) is -1.05. The summed E-state index contributed by atoms with van der Waals surface area (Å²) in [6, 6.07) is 9.46. The third kappa shape index (κ3) is 5.78. The molecule has 36 heavy (non-hydrogen) atoms. The Morgan fingerprint density at radius 2 is 1.75 bits per heavy atom. The Kier molecular flexibility index (Phi) is 8.23. The van der Waals surface area contributed by atoms with Crippen molar-refractivity contribution in [2.75, 3.05) is 11.1 Å². The number of anilines is 3. The van der Waals surface area contributed by atoms with Crippen LogP contribution in [0.3, 0.4) is 0 Å². The highest BCUT2D eigenvalue weighted by Crippen LogP contribution is 2.20. The van der Waals surface area contributed by atoms with E-state index in [1.165, 1.54) is 30.4 Å². The highest BCUT2D eigenvalue weighted by Gasteiger charge is 2.19. The topological polar surface area (TPSA) is 198 Å². The van der Waals surface area contributed by atoms with Gasteiger partial charge in [0.15, 0.2) is 5.65 Å². The lowest BCUT2D eigenvalue weighted by molar-refractivity contribution is 0.0989. The van der Waals surface area contributed by atoms with Gasteiger partial charge in [0.05, 0.1) is 5.39 Å². The van der Waals surface area contributed by atoms with Gasteiger partial charge in [-0.25, -0.2) is 15.0 Å². The van der Waals surface area contributed by atoms with E-state index in [2.05, 4.69) is 32.2 Å². The highest BCUT2D eigenvalue weighted by molar-refractivity contribution is 6.00. The normalized spacial score (nSPS) is 10.4. The minimum atomic E-state index is -0.865. The van der Waals surface area contributed by atoms with Gasteiger partial charge in [0, 0.05) is 24.6 Å². The number of nitrogens with one attached hydrogen (secondary N) is 1. The number of carbonyl (C=O) groups is 2. The van der Waals surface area contributed by atoms with Gasteiger partial charge in [-0.15, -0.1) is 0 Å². The number of pyridine rings is 1. The van der Waals surface area contributed by atoms with E-state index in [1.54, 1.807) is 4.57 Å². The lowest BCUT2D eigenvalue weighted by Crippen LogP contribution is -2.28. The second-order valence-electron chi connectivity index (χ2n) is 7.66. The number of amides is 2. The van der Waals surface area contributed by atoms with Gasteiger partial charge in [0.25, 0.3) is 11.8 Å². The second-order valence-corrected chi connectivity index (χ2v) is 7.66. The van der Waals surface area contributed by atoms with Crippen molar-refractivity contribution in [1.82, 2.24) is 24.5 Å². The number of hydrogen-bond acceptors (Lipinski definition) is 9. The number of benzene rings is 1. The van der Waals surface area contributed by atoms with Crippen LogP contribution in [0.5, 0.6) is 0 Å². The number of aryl methyl sites for hydroxylation is 2. The fraction of sp³-hybridized carbons (Fsp3) is 0.208. The second kappa shape index (κ2) is 11.5. The van der Waals surface area contributed by atoms with E-state index in [-0.39, 0.29) is 22.5 Å². The molecule has 0 radical (unpaired) electrons. The van der Waals surface area contributed by atoms with Crippen molar-refractivity contribution in [2.45, 2.75) is 33.2 Å². The molecule has 0 spiro atoms. The Bertz CT molecular complexity index is 1440. The molecule has 2 amide bonds. The number of nitrogens with two attached hydrogens (primary N) is 3. The highest BCUT2D eigenvalue weighted by atomic mass is 16.2. The molecular weight excluding hydrogens is 462 g/mol. The molecule has 0 aliphatic carbocycles. The van der Waals surface area contributed by atoms with E-state index < -0.39 is 17.2 Å². The predicted octanol–water partition coefficient (Wildman–Crippen LogP) is 1.76. The molecule has 4 rings (SSSR count). The third-order valence-corrected chi connectivity index (χ3v) is 5.19. The maximum atomic E-state index is 12.5. The Labute approximate surface area is 206 Å². The zero-order valence-corrected chi connectivity index (χ0v) is 19.9. The van der Waals surface area contributed by atoms with Gasteiger partial charge in [-0.05, 0) is 37.1 Å². The molecule has 0 aliphatic heterocycles. The fourth-order valence-corrected chi connectivity index (χ4v) is 3.47. The van der Waals surface area contributed by atoms with Crippen LogP contribution in [0, 0.1) is 0 Å². The zero-order chi connectivity index (χ0) is 26.2. The molecule has 7 N–H and O–H groups in total. The number of rotatable bonds is 7. The Morgan fingerprint density at radius 3 is 2.28 bits per heavy atom. The molecule has 12 nitrogen and oxygen atoms in total. The van der Waals surface area contributed by atoms with Crippen molar-refractivity contribution in [2.24, 2.45) is 11.5 Å². The van der Waals surface area contributed by atoms with Gasteiger partial charge in [0.1, 0.15) is 23.4 Å². The molecule has 4 aromatic rings. The molecule has 0 fully saturated rings. The summed E-state index contributed by atoms with van der Waals surface area (Å²) in [4.78, 5) is 50.3. The molecule has 0 aliphatic rings. The molecule has 0 bridgehead atoms. The van der Waals surface area contributed by atoms with Gasteiger partial charge in [-0.2, -0.15) is 4.98 Å². The van der Waals surface area contributed by atoms with Crippen molar-refractivity contribution >= 4 is 40.3 Å². The first kappa shape index (κ1) is 25.7. The van der Waals surface area contributed by atoms with Crippen LogP contribution < -0.4 is 27.9 Å². The lowest BCUT2D eigenvalue weighted by atomic mass is 10.1. The molecular formula is C24H27N9O3. The molecule has 3 heterocycles. The number of nitrogen functional groups attached to an aromatic ring is 1. The smallest absolute Gasteiger partial charge is 0.267 e. The summed E-state index contributed by atoms with van der Waals surface area (Å²) < 4.78 is 1.58. The molecule has 0 saturated heterocycles. The van der Waals surface area contributed by atoms with Gasteiger partial charge in [-0.1, -0.05) is 25.5 Å². The Hall–Kier alpha value is -4.87. The largest absolute Gasteiger partial charge is 0.384 e. The maximum absolute atomic E-state index is 12.5. The Morgan fingerprint density at radius 1 is 1.03 bits per heavy atom. The number of fused-ring (bicyclic) bond motifs is 1. The van der Waals surface area contributed by atoms with Crippen molar-refractivity contribution < 1.29 is 9.59 Å². The van der Waals surface area contributed by atoms with Crippen molar-refractivity contribution in [3.05, 3.63) is 76.1 Å². The molecule has 3 aromatic heterocycles. The molecule has 0 saturated carbocycles. The summed E-state index contributed by atoms with van der Waals surface area (Å²) in [6.45, 7) is 4.40. The van der Waals surface area contributed by atoms with Gasteiger partial charge < -0.3 is 27.1 Å². The van der Waals surface area contributed by atoms with Crippen LogP contribution in [-0.4, -0.2) is 36.3 Å². The molecule has 12 heteroatoms. The third-order valence-electron chi connectivity index (χ3n) is 5.19. The van der Waals surface area contributed by atoms with Crippen LogP contribution in [0.4, 0.5) is 17.5 Å². The van der Waals surface area contributed by atoms with Gasteiger partial charge >= 0.3 is 0 Å². The number of hydrogen-bond donors (Lipinski definition) is 4. The summed E-state index contributed by atoms with van der Waals surface area (Å²) in [5, 5.41) is 3.32. The number of aromatic nitrogens is 5. The average molecular weight is 490 g/mol. The van der Waals surface area contributed by atoms with Crippen LogP contribution >= 0.6 is 0 Å². The number of primary amides is 2. The minimum absolute atomic E-state index is 0.0102. The average Bonchev–Trinajstić information content (AvgIpc) is 2.86. The van der Waals surface area contributed by atoms with Gasteiger partial charge in [-0.3, -0.25) is 14.4 Å². The van der Waals surface area contributed by atoms with E-state index in [1.807, 2.05) is 31.2 Å². The molecule has 186 valence electrons. The molecule has 0 atom stereocenters. The van der Waals surface area contributed by atoms with Gasteiger partial charge in [0.2, 0.25) is 11.4 Å². The lowest BCUT2D eigenvalue weighted by Gasteiger charge is -2.14. The van der Waals surface area contributed by atoms with Crippen molar-refractivity contribution in [3.63, 3.8) is 0 Å². The van der Waals surface area contributed by atoms with E-state index in [4.69, 9.17) is 17.2 Å². The monoisotopic (exact) mass is 489 g/mol. The first-order chi connectivity index (χ1) is 17.3. The summed E-state index contributed by atoms with van der Waals surface area (Å²) in [5.41, 5.74) is 18.1. The van der Waals surface area contributed by atoms with E-state index in [0.29, 0.717) is 18.1 Å². The van der Waals surface area contributed by atoms with Crippen LogP contribution in [0.2, 0.25) is 0 Å². The SMILES string of the molecule is CCCc1ccc(Nc2ncc3c(=O)c(C(N)=O)c(N)n(CC)c3n2)cc1.NC(=O)c1ccncn1. The summed E-state index contributed by atoms with van der Waals surface area (Å²) in [7, 11) is 0. The van der Waals surface area contributed by atoms with E-state index >= 15 is 0 Å². The predicted molar refractivity (Wildman–Crippen MR) is 137 cm³/mol. The summed E-state index contributed by atoms with van der Waals surface area (Å²) in [6.07, 6.45) is 6.24. The van der Waals surface area contributed by atoms with Crippen LogP contribution in [-0.2, 0) is 13.0 Å². The van der Waals surface area contributed by atoms with E-state index in [0.717, 1.165) is 18.5 Å². The molecule has 1 aromatic carbocycles. The first-order valence-corrected chi connectivity index (χ1v) is 11.2. The quantitative estimate of drug-likeness (QED) is 0.299. The van der Waals surface area contributed by atoms with Crippen LogP contribution in [0.25, 0.3) is 11.0 Å². The molecule has 0 unspecified atom stereocenters. The standard InChI is InChI=1S/C19H22N6O2.C5H5N3O/c1-3-5-11-6-8-12(9-7-11)23-19-22-10-13-15(26)14(17(21)27)16(20)25(4-2)18(13)24-19;6-5(9)4-1-2-7-3-8-4/h6-10H,3-5,20H2,1-2H3,(H2,21,27)(H,22,23,24);1-3H,(H2,6,9). The van der Waals surface area contributed by atoms with Crippen LogP contribution in [0.1, 0.15) is 46.7 Å². The maximum Gasteiger partial charge on any atom is 0.267 e. The Balaban J connectivity index is 0.000000338. The summed E-state index contributed by atoms with van der Waals surface area (Å²) >= 11 is 0. The first-order valence-electron chi connectivity index (χ1n) is 11.2. The number of nitrogens with zero attached hydrogens (tertiary/aromatic N) is 5. The zero-order valence-electron chi connectivity index (χ0n) is 19.9. The van der Waals surface area contributed by atoms with Crippen molar-refractivity contribution in [1.29, 1.82) is 0 Å². The fourth-order valence-electron chi connectivity index (χ4n) is 3.47. The van der Waals surface area contributed by atoms with E-state index in [9.17, 15) is 14.4 Å². The van der Waals surface area contributed by atoms with Crippen LogP contribution in [0.15, 0.2) is 53.8 Å². The van der Waals surface area contributed by atoms with Crippen molar-refractivity contribution in [3.8, 4) is 0 Å². The minimum Gasteiger partial charge on any atom is -0.384 e. The number of carbonyl (C=O) groups excluding carboxylic acids is 2.